The zero-order valence-electron chi connectivity index (χ0n) is 10.6. The van der Waals surface area contributed by atoms with E-state index in [1.807, 2.05) is 0 Å². The number of alkyl halides is 3. The zero-order valence-corrected chi connectivity index (χ0v) is 10.6. The van der Waals surface area contributed by atoms with Crippen molar-refractivity contribution in [3.05, 3.63) is 47.3 Å². The second-order valence-corrected chi connectivity index (χ2v) is 4.79. The van der Waals surface area contributed by atoms with Crippen molar-refractivity contribution in [1.29, 1.82) is 0 Å². The topological polar surface area (TPSA) is 29.9 Å². The fourth-order valence-corrected chi connectivity index (χ4v) is 2.45. The number of hydrogen-bond acceptors (Lipinski definition) is 2. The Hall–Kier alpha value is -2.12. The van der Waals surface area contributed by atoms with Crippen LogP contribution in [-0.2, 0) is 6.18 Å². The molecular formula is C13H10F5N3. The van der Waals surface area contributed by atoms with Crippen LogP contribution in [0.5, 0.6) is 0 Å². The third-order valence-corrected chi connectivity index (χ3v) is 3.33. The van der Waals surface area contributed by atoms with Crippen LogP contribution in [0.2, 0.25) is 0 Å². The lowest BCUT2D eigenvalue weighted by Gasteiger charge is -2.26. The van der Waals surface area contributed by atoms with Gasteiger partial charge in [0.25, 0.3) is 0 Å². The van der Waals surface area contributed by atoms with Crippen molar-refractivity contribution in [2.45, 2.75) is 18.6 Å². The Balaban J connectivity index is 2.06. The summed E-state index contributed by atoms with van der Waals surface area (Å²) >= 11 is 0. The van der Waals surface area contributed by atoms with Gasteiger partial charge in [-0.15, -0.1) is 0 Å². The first-order valence-corrected chi connectivity index (χ1v) is 6.20. The normalized spacial score (nSPS) is 18.2. The Kier molecular flexibility index (Phi) is 3.11. The molecule has 1 aliphatic rings. The molecule has 2 heterocycles. The van der Waals surface area contributed by atoms with E-state index in [9.17, 15) is 22.0 Å². The van der Waals surface area contributed by atoms with Gasteiger partial charge in [-0.1, -0.05) is 0 Å². The van der Waals surface area contributed by atoms with Crippen LogP contribution < -0.4 is 5.32 Å². The molecule has 0 aliphatic carbocycles. The standard InChI is InChI=1S/C13H10F5N3/c14-8-3-7(4-9(15)5-8)10-1-2-19-12-20-11(6-21(10)12)13(16,17)18/h3-6,10H,1-2H2,(H,19,20). The summed E-state index contributed by atoms with van der Waals surface area (Å²) in [4.78, 5) is 3.48. The summed E-state index contributed by atoms with van der Waals surface area (Å²) in [7, 11) is 0. The first-order valence-electron chi connectivity index (χ1n) is 6.20. The van der Waals surface area contributed by atoms with E-state index in [1.54, 1.807) is 0 Å². The van der Waals surface area contributed by atoms with Crippen LogP contribution in [0.25, 0.3) is 0 Å². The van der Waals surface area contributed by atoms with Crippen LogP contribution in [0, 0.1) is 11.6 Å². The molecule has 0 radical (unpaired) electrons. The highest BCUT2D eigenvalue weighted by Gasteiger charge is 2.36. The van der Waals surface area contributed by atoms with Crippen molar-refractivity contribution in [2.75, 3.05) is 11.9 Å². The van der Waals surface area contributed by atoms with Crippen LogP contribution in [0.3, 0.4) is 0 Å². The van der Waals surface area contributed by atoms with Crippen LogP contribution >= 0.6 is 0 Å². The van der Waals surface area contributed by atoms with Gasteiger partial charge in [0.2, 0.25) is 5.95 Å². The summed E-state index contributed by atoms with van der Waals surface area (Å²) in [6.07, 6.45) is -3.30. The van der Waals surface area contributed by atoms with Gasteiger partial charge in [0.1, 0.15) is 11.6 Å². The SMILES string of the molecule is Fc1cc(F)cc(C2CCNc3nc(C(F)(F)F)cn32)c1. The molecule has 0 saturated carbocycles. The molecule has 3 nitrogen and oxygen atoms in total. The number of halogens is 5. The average Bonchev–Trinajstić information content (AvgIpc) is 2.80. The molecule has 0 saturated heterocycles. The maximum Gasteiger partial charge on any atom is 0.434 e. The molecule has 1 N–H and O–H groups in total. The Morgan fingerprint density at radius 2 is 1.81 bits per heavy atom. The molecule has 0 amide bonds. The molecule has 0 bridgehead atoms. The highest BCUT2D eigenvalue weighted by atomic mass is 19.4. The lowest BCUT2D eigenvalue weighted by molar-refractivity contribution is -0.140. The fourth-order valence-electron chi connectivity index (χ4n) is 2.45. The lowest BCUT2D eigenvalue weighted by atomic mass is 10.0. The van der Waals surface area contributed by atoms with Crippen LogP contribution in [0.1, 0.15) is 23.7 Å². The van der Waals surface area contributed by atoms with Crippen molar-refractivity contribution in [2.24, 2.45) is 0 Å². The third kappa shape index (κ3) is 2.57. The minimum atomic E-state index is -4.57. The van der Waals surface area contributed by atoms with E-state index in [4.69, 9.17) is 0 Å². The molecule has 1 atom stereocenters. The van der Waals surface area contributed by atoms with Gasteiger partial charge in [-0.3, -0.25) is 0 Å². The molecule has 0 fully saturated rings. The summed E-state index contributed by atoms with van der Waals surface area (Å²) in [5.41, 5.74) is -0.754. The Bertz CT molecular complexity index is 657. The molecule has 0 spiro atoms. The van der Waals surface area contributed by atoms with E-state index in [1.165, 1.54) is 4.57 Å². The van der Waals surface area contributed by atoms with E-state index >= 15 is 0 Å². The Morgan fingerprint density at radius 1 is 1.14 bits per heavy atom. The van der Waals surface area contributed by atoms with Crippen molar-refractivity contribution >= 4 is 5.95 Å². The van der Waals surface area contributed by atoms with Crippen LogP contribution in [0.4, 0.5) is 27.9 Å². The molecule has 8 heteroatoms. The second kappa shape index (κ2) is 4.71. The Labute approximate surface area is 116 Å². The minimum Gasteiger partial charge on any atom is -0.356 e. The molecule has 2 aromatic rings. The largest absolute Gasteiger partial charge is 0.434 e. The maximum atomic E-state index is 13.3. The average molecular weight is 303 g/mol. The number of nitrogens with one attached hydrogen (secondary N) is 1. The molecule has 1 aromatic carbocycles. The molecule has 1 aliphatic heterocycles. The van der Waals surface area contributed by atoms with E-state index in [0.717, 1.165) is 24.4 Å². The monoisotopic (exact) mass is 303 g/mol. The second-order valence-electron chi connectivity index (χ2n) is 4.79. The summed E-state index contributed by atoms with van der Waals surface area (Å²) in [6, 6.07) is 2.38. The molecular weight excluding hydrogens is 293 g/mol. The van der Waals surface area contributed by atoms with Crippen molar-refractivity contribution in [3.8, 4) is 0 Å². The predicted molar refractivity (Wildman–Crippen MR) is 64.8 cm³/mol. The van der Waals surface area contributed by atoms with Crippen LogP contribution in [-0.4, -0.2) is 16.1 Å². The summed E-state index contributed by atoms with van der Waals surface area (Å²) < 4.78 is 66.0. The quantitative estimate of drug-likeness (QED) is 0.816. The highest BCUT2D eigenvalue weighted by Crippen LogP contribution is 2.35. The van der Waals surface area contributed by atoms with E-state index in [-0.39, 0.29) is 11.5 Å². The lowest BCUT2D eigenvalue weighted by Crippen LogP contribution is -2.23. The first-order chi connectivity index (χ1) is 9.84. The fraction of sp³-hybridized carbons (Fsp3) is 0.308. The van der Waals surface area contributed by atoms with Gasteiger partial charge >= 0.3 is 6.18 Å². The van der Waals surface area contributed by atoms with Gasteiger partial charge in [0, 0.05) is 18.8 Å². The number of imidazole rings is 1. The number of fused-ring (bicyclic) bond motifs is 1. The molecule has 1 unspecified atom stereocenters. The molecule has 3 rings (SSSR count). The molecule has 112 valence electrons. The van der Waals surface area contributed by atoms with Crippen molar-refractivity contribution in [1.82, 2.24) is 9.55 Å². The van der Waals surface area contributed by atoms with Crippen molar-refractivity contribution < 1.29 is 22.0 Å². The number of rotatable bonds is 1. The number of benzene rings is 1. The van der Waals surface area contributed by atoms with Gasteiger partial charge in [-0.25, -0.2) is 13.8 Å². The van der Waals surface area contributed by atoms with E-state index < -0.39 is 29.5 Å². The maximum absolute atomic E-state index is 13.3. The molecule has 1 aromatic heterocycles. The Morgan fingerprint density at radius 3 is 2.43 bits per heavy atom. The summed E-state index contributed by atoms with van der Waals surface area (Å²) in [6.45, 7) is 0.372. The minimum absolute atomic E-state index is 0.0447. The van der Waals surface area contributed by atoms with Gasteiger partial charge < -0.3 is 9.88 Å². The zero-order chi connectivity index (χ0) is 15.2. The number of anilines is 1. The number of nitrogens with zero attached hydrogens (tertiary/aromatic N) is 2. The van der Waals surface area contributed by atoms with Gasteiger partial charge in [-0.05, 0) is 24.1 Å². The smallest absolute Gasteiger partial charge is 0.356 e. The molecule has 21 heavy (non-hydrogen) atoms. The van der Waals surface area contributed by atoms with Gasteiger partial charge in [0.15, 0.2) is 5.69 Å². The highest BCUT2D eigenvalue weighted by molar-refractivity contribution is 5.36. The number of hydrogen-bond donors (Lipinski definition) is 1. The summed E-state index contributed by atoms with van der Waals surface area (Å²) in [5, 5.41) is 2.75. The van der Waals surface area contributed by atoms with E-state index in [0.29, 0.717) is 13.0 Å². The van der Waals surface area contributed by atoms with Gasteiger partial charge in [0.05, 0.1) is 6.04 Å². The summed E-state index contributed by atoms with van der Waals surface area (Å²) in [5.74, 6) is -1.48. The third-order valence-electron chi connectivity index (χ3n) is 3.33. The number of aromatic nitrogens is 2. The van der Waals surface area contributed by atoms with Gasteiger partial charge in [-0.2, -0.15) is 13.2 Å². The van der Waals surface area contributed by atoms with Crippen molar-refractivity contribution in [3.63, 3.8) is 0 Å². The van der Waals surface area contributed by atoms with E-state index in [2.05, 4.69) is 10.3 Å². The van der Waals surface area contributed by atoms with Crippen LogP contribution in [0.15, 0.2) is 24.4 Å². The predicted octanol–water partition coefficient (Wildman–Crippen LogP) is 3.59. The first kappa shape index (κ1) is 13.8.